The van der Waals surface area contributed by atoms with Gasteiger partial charge >= 0.3 is 0 Å². The van der Waals surface area contributed by atoms with Gasteiger partial charge in [0.25, 0.3) is 0 Å². The molecule has 0 saturated carbocycles. The molecule has 0 aromatic heterocycles. The average Bonchev–Trinajstić information content (AvgIpc) is 2.87. The van der Waals surface area contributed by atoms with Crippen LogP contribution in [0.15, 0.2) is 47.4 Å². The predicted octanol–water partition coefficient (Wildman–Crippen LogP) is 5.15. The monoisotopic (exact) mass is 520 g/mol. The van der Waals surface area contributed by atoms with Gasteiger partial charge in [-0.15, -0.1) is 0 Å². The Hall–Kier alpha value is -3.79. The third kappa shape index (κ3) is 5.54. The number of rotatable bonds is 10. The van der Waals surface area contributed by atoms with E-state index in [4.69, 9.17) is 23.7 Å². The Bertz CT molecular complexity index is 1360. The summed E-state index contributed by atoms with van der Waals surface area (Å²) in [6.07, 6.45) is 3.29. The molecule has 0 radical (unpaired) electrons. The maximum absolute atomic E-state index is 14.5. The average molecular weight is 521 g/mol. The van der Waals surface area contributed by atoms with Gasteiger partial charge in [-0.3, -0.25) is 0 Å². The molecule has 0 N–H and O–H groups in total. The summed E-state index contributed by atoms with van der Waals surface area (Å²) in [5.74, 6) is -1.23. The van der Waals surface area contributed by atoms with Crippen molar-refractivity contribution in [3.8, 4) is 28.7 Å². The van der Waals surface area contributed by atoms with Gasteiger partial charge in [0.2, 0.25) is 5.75 Å². The van der Waals surface area contributed by atoms with Gasteiger partial charge in [0.15, 0.2) is 44.5 Å². The standard InChI is InChI=1S/C26H26F2O7S/c1-31-22-11-9-18(14-21(22)28)36(29,30)15-19-17(8-10-20(27)25(19)34-4)7-6-16-12-23(32-2)26(35-5)24(13-16)33-3/h6-14H,15H2,1-5H3/b7-6-. The van der Waals surface area contributed by atoms with Gasteiger partial charge in [-0.05, 0) is 47.5 Å². The van der Waals surface area contributed by atoms with Crippen LogP contribution in [0.25, 0.3) is 12.2 Å². The fraction of sp³-hybridized carbons (Fsp3) is 0.231. The Labute approximate surface area is 208 Å². The minimum Gasteiger partial charge on any atom is -0.494 e. The van der Waals surface area contributed by atoms with E-state index in [2.05, 4.69) is 0 Å². The van der Waals surface area contributed by atoms with Crippen molar-refractivity contribution in [3.63, 3.8) is 0 Å². The van der Waals surface area contributed by atoms with Crippen LogP contribution in [0.3, 0.4) is 0 Å². The van der Waals surface area contributed by atoms with Crippen molar-refractivity contribution in [1.82, 2.24) is 0 Å². The van der Waals surface area contributed by atoms with Crippen molar-refractivity contribution in [2.24, 2.45) is 0 Å². The Morgan fingerprint density at radius 2 is 1.31 bits per heavy atom. The van der Waals surface area contributed by atoms with Gasteiger partial charge < -0.3 is 23.7 Å². The highest BCUT2D eigenvalue weighted by molar-refractivity contribution is 7.90. The second kappa shape index (κ2) is 11.3. The number of methoxy groups -OCH3 is 5. The van der Waals surface area contributed by atoms with Gasteiger partial charge in [-0.2, -0.15) is 0 Å². The molecule has 3 aromatic carbocycles. The maximum Gasteiger partial charge on any atom is 0.203 e. The van der Waals surface area contributed by atoms with Crippen molar-refractivity contribution < 1.29 is 40.9 Å². The first kappa shape index (κ1) is 26.8. The van der Waals surface area contributed by atoms with Gasteiger partial charge in [0, 0.05) is 5.56 Å². The topological polar surface area (TPSA) is 80.3 Å². The number of hydrogen-bond acceptors (Lipinski definition) is 7. The molecule has 192 valence electrons. The molecule has 0 aliphatic carbocycles. The third-order valence-electron chi connectivity index (χ3n) is 5.41. The highest BCUT2D eigenvalue weighted by Crippen LogP contribution is 2.39. The minimum absolute atomic E-state index is 0.0809. The van der Waals surface area contributed by atoms with E-state index in [0.29, 0.717) is 28.4 Å². The normalized spacial score (nSPS) is 11.4. The Morgan fingerprint density at radius 3 is 1.83 bits per heavy atom. The molecule has 36 heavy (non-hydrogen) atoms. The largest absolute Gasteiger partial charge is 0.494 e. The number of halogens is 2. The minimum atomic E-state index is -4.08. The zero-order valence-electron chi connectivity index (χ0n) is 20.4. The van der Waals surface area contributed by atoms with Crippen LogP contribution in [0.2, 0.25) is 0 Å². The Balaban J connectivity index is 2.07. The molecule has 0 amide bonds. The van der Waals surface area contributed by atoms with Gasteiger partial charge in [0.1, 0.15) is 0 Å². The summed E-state index contributed by atoms with van der Waals surface area (Å²) in [4.78, 5) is -0.272. The summed E-state index contributed by atoms with van der Waals surface area (Å²) in [5, 5.41) is 0. The molecular formula is C26H26F2O7S. The molecule has 0 unspecified atom stereocenters. The van der Waals surface area contributed by atoms with Crippen molar-refractivity contribution in [2.75, 3.05) is 35.5 Å². The molecular weight excluding hydrogens is 494 g/mol. The number of ether oxygens (including phenoxy) is 5. The molecule has 3 aromatic rings. The first-order valence-electron chi connectivity index (χ1n) is 10.6. The zero-order valence-corrected chi connectivity index (χ0v) is 21.2. The second-order valence-electron chi connectivity index (χ2n) is 7.50. The van der Waals surface area contributed by atoms with Crippen LogP contribution in [-0.4, -0.2) is 44.0 Å². The lowest BCUT2D eigenvalue weighted by Crippen LogP contribution is -2.09. The Kier molecular flexibility index (Phi) is 8.41. The summed E-state index contributed by atoms with van der Waals surface area (Å²) < 4.78 is 81.1. The van der Waals surface area contributed by atoms with Crippen LogP contribution in [0.5, 0.6) is 28.7 Å². The van der Waals surface area contributed by atoms with E-state index in [0.717, 1.165) is 6.07 Å². The molecule has 0 aliphatic heterocycles. The first-order valence-corrected chi connectivity index (χ1v) is 12.2. The van der Waals surface area contributed by atoms with Crippen LogP contribution in [-0.2, 0) is 15.6 Å². The lowest BCUT2D eigenvalue weighted by atomic mass is 10.0. The molecule has 10 heteroatoms. The smallest absolute Gasteiger partial charge is 0.203 e. The summed E-state index contributed by atoms with van der Waals surface area (Å²) in [5.41, 5.74) is 1.12. The fourth-order valence-electron chi connectivity index (χ4n) is 3.64. The van der Waals surface area contributed by atoms with Crippen LogP contribution >= 0.6 is 0 Å². The van der Waals surface area contributed by atoms with Gasteiger partial charge in [-0.1, -0.05) is 18.2 Å². The van der Waals surface area contributed by atoms with E-state index < -0.39 is 27.2 Å². The molecule has 0 bridgehead atoms. The van der Waals surface area contributed by atoms with Crippen molar-refractivity contribution in [2.45, 2.75) is 10.6 Å². The van der Waals surface area contributed by atoms with Crippen LogP contribution in [0, 0.1) is 11.6 Å². The molecule has 7 nitrogen and oxygen atoms in total. The number of sulfone groups is 1. The molecule has 0 heterocycles. The first-order chi connectivity index (χ1) is 17.2. The quantitative estimate of drug-likeness (QED) is 0.342. The molecule has 0 atom stereocenters. The van der Waals surface area contributed by atoms with Crippen molar-refractivity contribution in [3.05, 3.63) is 70.8 Å². The van der Waals surface area contributed by atoms with E-state index in [1.807, 2.05) is 0 Å². The summed E-state index contributed by atoms with van der Waals surface area (Å²) >= 11 is 0. The third-order valence-corrected chi connectivity index (χ3v) is 7.05. The molecule has 3 rings (SSSR count). The lowest BCUT2D eigenvalue weighted by molar-refractivity contribution is 0.324. The number of hydrogen-bond donors (Lipinski definition) is 0. The SMILES string of the molecule is COc1ccc(S(=O)(=O)Cc2c(/C=C\c3cc(OC)c(OC)c(OC)c3)ccc(F)c2OC)cc1F. The van der Waals surface area contributed by atoms with Gasteiger partial charge in [0.05, 0.1) is 46.2 Å². The molecule has 0 fully saturated rings. The molecule has 0 aliphatic rings. The Morgan fingerprint density at radius 1 is 0.694 bits per heavy atom. The second-order valence-corrected chi connectivity index (χ2v) is 9.49. The van der Waals surface area contributed by atoms with E-state index >= 15 is 0 Å². The van der Waals surface area contributed by atoms with E-state index in [1.54, 1.807) is 24.3 Å². The van der Waals surface area contributed by atoms with E-state index in [9.17, 15) is 17.2 Å². The highest BCUT2D eigenvalue weighted by atomic mass is 32.2. The van der Waals surface area contributed by atoms with Crippen LogP contribution < -0.4 is 23.7 Å². The number of benzene rings is 3. The predicted molar refractivity (Wildman–Crippen MR) is 132 cm³/mol. The zero-order chi connectivity index (χ0) is 26.5. The van der Waals surface area contributed by atoms with E-state index in [1.165, 1.54) is 59.8 Å². The summed E-state index contributed by atoms with van der Waals surface area (Å²) in [7, 11) is 2.90. The fourth-order valence-corrected chi connectivity index (χ4v) is 5.04. The van der Waals surface area contributed by atoms with Gasteiger partial charge in [-0.25, -0.2) is 17.2 Å². The maximum atomic E-state index is 14.5. The molecule has 0 spiro atoms. The van der Waals surface area contributed by atoms with Crippen LogP contribution in [0.1, 0.15) is 16.7 Å². The lowest BCUT2D eigenvalue weighted by Gasteiger charge is -2.14. The summed E-state index contributed by atoms with van der Waals surface area (Å²) in [6, 6.07) is 9.34. The van der Waals surface area contributed by atoms with Crippen molar-refractivity contribution in [1.29, 1.82) is 0 Å². The van der Waals surface area contributed by atoms with Crippen molar-refractivity contribution >= 4 is 22.0 Å². The summed E-state index contributed by atoms with van der Waals surface area (Å²) in [6.45, 7) is 0. The highest BCUT2D eigenvalue weighted by Gasteiger charge is 2.23. The van der Waals surface area contributed by atoms with Crippen LogP contribution in [0.4, 0.5) is 8.78 Å². The molecule has 0 saturated heterocycles. The van der Waals surface area contributed by atoms with E-state index in [-0.39, 0.29) is 22.0 Å².